The first kappa shape index (κ1) is 15.0. The Labute approximate surface area is 109 Å². The minimum Gasteiger partial charge on any atom is -0.481 e. The van der Waals surface area contributed by atoms with E-state index in [4.69, 9.17) is 5.11 Å². The van der Waals surface area contributed by atoms with Gasteiger partial charge in [-0.15, -0.1) is 0 Å². The van der Waals surface area contributed by atoms with Crippen molar-refractivity contribution in [3.63, 3.8) is 0 Å². The second-order valence-electron chi connectivity index (χ2n) is 5.59. The standard InChI is InChI=1S/C13H24N2O3/c1-9(2)8-15-6-5-10(3)14(4)13(18)11(15)7-12(16)17/h9-11H,5-8H2,1-4H3,(H,16,17). The van der Waals surface area contributed by atoms with Crippen LogP contribution in [0.2, 0.25) is 0 Å². The van der Waals surface area contributed by atoms with Crippen molar-refractivity contribution in [3.8, 4) is 0 Å². The molecule has 104 valence electrons. The summed E-state index contributed by atoms with van der Waals surface area (Å²) in [4.78, 5) is 27.0. The van der Waals surface area contributed by atoms with Gasteiger partial charge in [-0.25, -0.2) is 0 Å². The number of rotatable bonds is 4. The highest BCUT2D eigenvalue weighted by molar-refractivity contribution is 5.86. The van der Waals surface area contributed by atoms with E-state index in [1.54, 1.807) is 11.9 Å². The fourth-order valence-corrected chi connectivity index (χ4v) is 2.38. The van der Waals surface area contributed by atoms with Gasteiger partial charge in [-0.05, 0) is 19.3 Å². The van der Waals surface area contributed by atoms with E-state index in [0.717, 1.165) is 19.5 Å². The monoisotopic (exact) mass is 256 g/mol. The molecule has 5 heteroatoms. The van der Waals surface area contributed by atoms with Crippen molar-refractivity contribution in [2.75, 3.05) is 20.1 Å². The maximum absolute atomic E-state index is 12.3. The molecule has 1 rings (SSSR count). The number of amides is 1. The van der Waals surface area contributed by atoms with Crippen molar-refractivity contribution in [2.45, 2.75) is 45.7 Å². The van der Waals surface area contributed by atoms with Crippen LogP contribution in [0, 0.1) is 5.92 Å². The molecule has 1 aliphatic rings. The Hall–Kier alpha value is -1.10. The van der Waals surface area contributed by atoms with Gasteiger partial charge in [0.25, 0.3) is 0 Å². The van der Waals surface area contributed by atoms with E-state index in [0.29, 0.717) is 5.92 Å². The second kappa shape index (κ2) is 6.18. The zero-order chi connectivity index (χ0) is 13.9. The minimum absolute atomic E-state index is 0.0666. The van der Waals surface area contributed by atoms with Gasteiger partial charge in [0.1, 0.15) is 0 Å². The maximum atomic E-state index is 12.3. The molecule has 18 heavy (non-hydrogen) atoms. The van der Waals surface area contributed by atoms with Gasteiger partial charge in [0.2, 0.25) is 5.91 Å². The van der Waals surface area contributed by atoms with Crippen molar-refractivity contribution in [1.29, 1.82) is 0 Å². The van der Waals surface area contributed by atoms with Gasteiger partial charge < -0.3 is 10.0 Å². The predicted octanol–water partition coefficient (Wildman–Crippen LogP) is 1.04. The van der Waals surface area contributed by atoms with Gasteiger partial charge in [-0.2, -0.15) is 0 Å². The Morgan fingerprint density at radius 3 is 2.61 bits per heavy atom. The number of carbonyl (C=O) groups excluding carboxylic acids is 1. The smallest absolute Gasteiger partial charge is 0.305 e. The van der Waals surface area contributed by atoms with E-state index < -0.39 is 12.0 Å². The van der Waals surface area contributed by atoms with Gasteiger partial charge >= 0.3 is 5.97 Å². The second-order valence-corrected chi connectivity index (χ2v) is 5.59. The van der Waals surface area contributed by atoms with Crippen LogP contribution in [0.3, 0.4) is 0 Å². The number of hydrogen-bond donors (Lipinski definition) is 1. The van der Waals surface area contributed by atoms with Crippen molar-refractivity contribution >= 4 is 11.9 Å². The summed E-state index contributed by atoms with van der Waals surface area (Å²) >= 11 is 0. The van der Waals surface area contributed by atoms with Gasteiger partial charge in [-0.3, -0.25) is 14.5 Å². The lowest BCUT2D eigenvalue weighted by atomic mass is 10.1. The molecule has 1 fully saturated rings. The minimum atomic E-state index is -0.912. The lowest BCUT2D eigenvalue weighted by Gasteiger charge is -2.30. The summed E-state index contributed by atoms with van der Waals surface area (Å²) < 4.78 is 0. The lowest BCUT2D eigenvalue weighted by Crippen LogP contribution is -2.48. The third-order valence-electron chi connectivity index (χ3n) is 3.54. The molecule has 1 heterocycles. The van der Waals surface area contributed by atoms with Crippen LogP contribution in [-0.4, -0.2) is 59.0 Å². The number of likely N-dealkylation sites (N-methyl/N-ethyl adjacent to an activating group) is 1. The summed E-state index contributed by atoms with van der Waals surface area (Å²) in [7, 11) is 1.76. The summed E-state index contributed by atoms with van der Waals surface area (Å²) in [6.45, 7) is 7.73. The maximum Gasteiger partial charge on any atom is 0.305 e. The van der Waals surface area contributed by atoms with Crippen LogP contribution in [0.5, 0.6) is 0 Å². The largest absolute Gasteiger partial charge is 0.481 e. The molecule has 5 nitrogen and oxygen atoms in total. The van der Waals surface area contributed by atoms with Gasteiger partial charge in [0.15, 0.2) is 0 Å². The molecule has 0 spiro atoms. The van der Waals surface area contributed by atoms with Gasteiger partial charge in [0.05, 0.1) is 12.5 Å². The molecule has 0 saturated carbocycles. The Kier molecular flexibility index (Phi) is 5.14. The van der Waals surface area contributed by atoms with Crippen molar-refractivity contribution in [2.24, 2.45) is 5.92 Å². The lowest BCUT2D eigenvalue weighted by molar-refractivity contribution is -0.145. The molecule has 1 aliphatic heterocycles. The van der Waals surface area contributed by atoms with Crippen LogP contribution in [0.15, 0.2) is 0 Å². The first-order chi connectivity index (χ1) is 8.32. The number of carboxylic acid groups (broad SMARTS) is 1. The van der Waals surface area contributed by atoms with Crippen LogP contribution in [0.25, 0.3) is 0 Å². The molecule has 0 aromatic heterocycles. The number of hydrogen-bond acceptors (Lipinski definition) is 3. The molecule has 1 N–H and O–H groups in total. The molecule has 1 amide bonds. The number of nitrogens with zero attached hydrogens (tertiary/aromatic N) is 2. The van der Waals surface area contributed by atoms with Gasteiger partial charge in [0, 0.05) is 26.2 Å². The van der Waals surface area contributed by atoms with Crippen LogP contribution < -0.4 is 0 Å². The molecule has 2 atom stereocenters. The SMILES string of the molecule is CC(C)CN1CCC(C)N(C)C(=O)C1CC(=O)O. The van der Waals surface area contributed by atoms with E-state index >= 15 is 0 Å². The van der Waals surface area contributed by atoms with Crippen LogP contribution >= 0.6 is 0 Å². The molecule has 0 bridgehead atoms. The molecule has 0 radical (unpaired) electrons. The summed E-state index contributed by atoms with van der Waals surface area (Å²) in [5, 5.41) is 8.98. The Balaban J connectivity index is 2.90. The first-order valence-corrected chi connectivity index (χ1v) is 6.55. The van der Waals surface area contributed by atoms with Crippen molar-refractivity contribution in [1.82, 2.24) is 9.80 Å². The molecule has 0 aliphatic carbocycles. The highest BCUT2D eigenvalue weighted by atomic mass is 16.4. The molecular formula is C13H24N2O3. The average molecular weight is 256 g/mol. The average Bonchev–Trinajstić information content (AvgIpc) is 2.35. The summed E-state index contributed by atoms with van der Waals surface area (Å²) in [6.07, 6.45) is 0.785. The molecule has 0 aromatic carbocycles. The number of aliphatic carboxylic acids is 1. The Bertz CT molecular complexity index is 317. The Morgan fingerprint density at radius 1 is 1.50 bits per heavy atom. The van der Waals surface area contributed by atoms with E-state index in [1.165, 1.54) is 0 Å². The van der Waals surface area contributed by atoms with Crippen molar-refractivity contribution in [3.05, 3.63) is 0 Å². The molecular weight excluding hydrogens is 232 g/mol. The van der Waals surface area contributed by atoms with E-state index in [-0.39, 0.29) is 18.4 Å². The fourth-order valence-electron chi connectivity index (χ4n) is 2.38. The van der Waals surface area contributed by atoms with E-state index in [1.807, 2.05) is 11.8 Å². The topological polar surface area (TPSA) is 60.9 Å². The van der Waals surface area contributed by atoms with E-state index in [9.17, 15) is 9.59 Å². The Morgan fingerprint density at radius 2 is 2.11 bits per heavy atom. The normalized spacial score (nSPS) is 26.5. The quantitative estimate of drug-likeness (QED) is 0.816. The molecule has 0 aromatic rings. The van der Waals surface area contributed by atoms with Crippen LogP contribution in [0.4, 0.5) is 0 Å². The summed E-state index contributed by atoms with van der Waals surface area (Å²) in [5.41, 5.74) is 0. The zero-order valence-corrected chi connectivity index (χ0v) is 11.7. The molecule has 1 saturated heterocycles. The first-order valence-electron chi connectivity index (χ1n) is 6.55. The number of carboxylic acids is 1. The van der Waals surface area contributed by atoms with E-state index in [2.05, 4.69) is 13.8 Å². The van der Waals surface area contributed by atoms with Gasteiger partial charge in [-0.1, -0.05) is 13.8 Å². The highest BCUT2D eigenvalue weighted by Crippen LogP contribution is 2.19. The third kappa shape index (κ3) is 3.70. The third-order valence-corrected chi connectivity index (χ3v) is 3.54. The number of carbonyl (C=O) groups is 2. The summed E-state index contributed by atoms with van der Waals surface area (Å²) in [5.74, 6) is -0.555. The molecule has 2 unspecified atom stereocenters. The highest BCUT2D eigenvalue weighted by Gasteiger charge is 2.35. The van der Waals surface area contributed by atoms with Crippen LogP contribution in [-0.2, 0) is 9.59 Å². The zero-order valence-electron chi connectivity index (χ0n) is 11.7. The fraction of sp³-hybridized carbons (Fsp3) is 0.846. The summed E-state index contributed by atoms with van der Waals surface area (Å²) in [6, 6.07) is -0.342. The predicted molar refractivity (Wildman–Crippen MR) is 69.3 cm³/mol. The van der Waals surface area contributed by atoms with Crippen molar-refractivity contribution < 1.29 is 14.7 Å². The van der Waals surface area contributed by atoms with Crippen LogP contribution in [0.1, 0.15) is 33.6 Å².